The number of benzene rings is 2. The SMILES string of the molecule is Cc1cccc(N2C(=O)/C(=C\c3cc(C)n(-c4ccc([N+](=O)[O-])cc4)c3C)C(=O)NC2=S)c1C. The first-order valence-electron chi connectivity index (χ1n) is 10.5. The molecule has 8 nitrogen and oxygen atoms in total. The number of hydrogen-bond acceptors (Lipinski definition) is 5. The summed E-state index contributed by atoms with van der Waals surface area (Å²) in [5.74, 6) is -1.06. The lowest BCUT2D eigenvalue weighted by atomic mass is 10.0. The molecule has 0 spiro atoms. The number of amides is 2. The predicted octanol–water partition coefficient (Wildman–Crippen LogP) is 4.45. The maximum absolute atomic E-state index is 13.4. The van der Waals surface area contributed by atoms with Crippen molar-refractivity contribution in [3.8, 4) is 5.69 Å². The summed E-state index contributed by atoms with van der Waals surface area (Å²) in [6.07, 6.45) is 1.56. The first-order chi connectivity index (χ1) is 16.1. The Morgan fingerprint density at radius 2 is 1.71 bits per heavy atom. The van der Waals surface area contributed by atoms with Gasteiger partial charge in [0.25, 0.3) is 17.5 Å². The van der Waals surface area contributed by atoms with Crippen LogP contribution >= 0.6 is 12.2 Å². The van der Waals surface area contributed by atoms with Gasteiger partial charge in [-0.2, -0.15) is 0 Å². The number of anilines is 1. The second-order valence-corrected chi connectivity index (χ2v) is 8.50. The zero-order valence-electron chi connectivity index (χ0n) is 19.1. The number of nitrogens with zero attached hydrogens (tertiary/aromatic N) is 3. The van der Waals surface area contributed by atoms with Crippen molar-refractivity contribution in [1.82, 2.24) is 9.88 Å². The van der Waals surface area contributed by atoms with Crippen molar-refractivity contribution in [3.05, 3.63) is 92.3 Å². The number of rotatable bonds is 4. The standard InChI is InChI=1S/C25H22N4O4S/c1-14-6-5-7-22(16(14)3)28-24(31)21(23(30)26-25(28)34)13-18-12-15(2)27(17(18)4)19-8-10-20(11-9-19)29(32)33/h5-13H,1-4H3,(H,26,30,34)/b21-13-. The molecule has 0 unspecified atom stereocenters. The molecule has 9 heteroatoms. The molecular weight excluding hydrogens is 452 g/mol. The molecule has 2 heterocycles. The highest BCUT2D eigenvalue weighted by Crippen LogP contribution is 2.29. The maximum Gasteiger partial charge on any atom is 0.270 e. The molecule has 1 aliphatic heterocycles. The summed E-state index contributed by atoms with van der Waals surface area (Å²) in [5, 5.41) is 13.6. The number of thiocarbonyl (C=S) groups is 1. The van der Waals surface area contributed by atoms with Gasteiger partial charge in [-0.25, -0.2) is 0 Å². The third-order valence-corrected chi connectivity index (χ3v) is 6.29. The van der Waals surface area contributed by atoms with E-state index in [0.29, 0.717) is 11.3 Å². The average molecular weight is 475 g/mol. The molecule has 0 aliphatic carbocycles. The molecule has 1 N–H and O–H groups in total. The van der Waals surface area contributed by atoms with Crippen molar-refractivity contribution in [2.45, 2.75) is 27.7 Å². The van der Waals surface area contributed by atoms with Gasteiger partial charge in [0.05, 0.1) is 10.6 Å². The average Bonchev–Trinajstić information content (AvgIpc) is 3.06. The molecule has 2 amide bonds. The Balaban J connectivity index is 1.76. The molecule has 0 bridgehead atoms. The second kappa shape index (κ2) is 8.68. The van der Waals surface area contributed by atoms with Gasteiger partial charge in [-0.15, -0.1) is 0 Å². The van der Waals surface area contributed by atoms with Gasteiger partial charge in [-0.3, -0.25) is 29.9 Å². The highest BCUT2D eigenvalue weighted by molar-refractivity contribution is 7.80. The third-order valence-electron chi connectivity index (χ3n) is 6.01. The van der Waals surface area contributed by atoms with Crippen molar-refractivity contribution in [2.24, 2.45) is 0 Å². The Kier molecular flexibility index (Phi) is 5.89. The number of aryl methyl sites for hydroxylation is 2. The van der Waals surface area contributed by atoms with Crippen LogP contribution in [0.1, 0.15) is 28.1 Å². The Labute approximate surface area is 201 Å². The number of nitro groups is 1. The summed E-state index contributed by atoms with van der Waals surface area (Å²) < 4.78 is 1.91. The summed E-state index contributed by atoms with van der Waals surface area (Å²) in [4.78, 5) is 38.0. The van der Waals surface area contributed by atoms with Crippen LogP contribution in [-0.2, 0) is 9.59 Å². The molecular formula is C25H22N4O4S. The molecule has 4 rings (SSSR count). The van der Waals surface area contributed by atoms with E-state index in [1.165, 1.54) is 17.0 Å². The minimum Gasteiger partial charge on any atom is -0.318 e. The quantitative estimate of drug-likeness (QED) is 0.198. The second-order valence-electron chi connectivity index (χ2n) is 8.11. The van der Waals surface area contributed by atoms with Gasteiger partial charge in [-0.1, -0.05) is 12.1 Å². The lowest BCUT2D eigenvalue weighted by molar-refractivity contribution is -0.384. The fraction of sp³-hybridized carbons (Fsp3) is 0.160. The minimum atomic E-state index is -0.559. The molecule has 1 fully saturated rings. The van der Waals surface area contributed by atoms with E-state index in [1.807, 2.05) is 50.5 Å². The van der Waals surface area contributed by atoms with Gasteiger partial charge in [0.1, 0.15) is 5.57 Å². The smallest absolute Gasteiger partial charge is 0.270 e. The van der Waals surface area contributed by atoms with Crippen molar-refractivity contribution in [2.75, 3.05) is 4.90 Å². The Morgan fingerprint density at radius 3 is 2.35 bits per heavy atom. The summed E-state index contributed by atoms with van der Waals surface area (Å²) in [6, 6.07) is 13.6. The molecule has 1 aromatic heterocycles. The van der Waals surface area contributed by atoms with Crippen LogP contribution in [0.15, 0.2) is 54.1 Å². The van der Waals surface area contributed by atoms with E-state index >= 15 is 0 Å². The van der Waals surface area contributed by atoms with Crippen LogP contribution in [0.3, 0.4) is 0 Å². The zero-order chi connectivity index (χ0) is 24.7. The number of nitrogens with one attached hydrogen (secondary N) is 1. The lowest BCUT2D eigenvalue weighted by Crippen LogP contribution is -2.54. The van der Waals surface area contributed by atoms with Gasteiger partial charge in [0, 0.05) is 29.2 Å². The molecule has 0 atom stereocenters. The minimum absolute atomic E-state index is 0.000490. The monoisotopic (exact) mass is 474 g/mol. The number of carbonyl (C=O) groups is 2. The van der Waals surface area contributed by atoms with Gasteiger partial charge in [0.2, 0.25) is 0 Å². The largest absolute Gasteiger partial charge is 0.318 e. The van der Waals surface area contributed by atoms with E-state index in [4.69, 9.17) is 12.2 Å². The highest BCUT2D eigenvalue weighted by Gasteiger charge is 2.35. The molecule has 3 aromatic rings. The van der Waals surface area contributed by atoms with Gasteiger partial charge >= 0.3 is 0 Å². The number of aromatic nitrogens is 1. The van der Waals surface area contributed by atoms with Crippen LogP contribution in [0.4, 0.5) is 11.4 Å². The summed E-state index contributed by atoms with van der Waals surface area (Å²) in [5.41, 5.74) is 5.55. The van der Waals surface area contributed by atoms with Crippen molar-refractivity contribution in [3.63, 3.8) is 0 Å². The molecule has 1 saturated heterocycles. The number of carbonyl (C=O) groups excluding carboxylic acids is 2. The molecule has 0 radical (unpaired) electrons. The van der Waals surface area contributed by atoms with E-state index in [1.54, 1.807) is 24.3 Å². The zero-order valence-corrected chi connectivity index (χ0v) is 19.9. The van der Waals surface area contributed by atoms with Crippen LogP contribution in [-0.4, -0.2) is 26.4 Å². The summed E-state index contributed by atoms with van der Waals surface area (Å²) >= 11 is 5.32. The fourth-order valence-electron chi connectivity index (χ4n) is 4.06. The normalized spacial score (nSPS) is 15.1. The highest BCUT2D eigenvalue weighted by atomic mass is 32.1. The molecule has 2 aromatic carbocycles. The van der Waals surface area contributed by atoms with Crippen LogP contribution in [0.5, 0.6) is 0 Å². The Bertz CT molecular complexity index is 1400. The lowest BCUT2D eigenvalue weighted by Gasteiger charge is -2.30. The molecule has 172 valence electrons. The van der Waals surface area contributed by atoms with Crippen molar-refractivity contribution in [1.29, 1.82) is 0 Å². The van der Waals surface area contributed by atoms with E-state index in [0.717, 1.165) is 28.2 Å². The third kappa shape index (κ3) is 3.90. The van der Waals surface area contributed by atoms with Gasteiger partial charge in [0.15, 0.2) is 5.11 Å². The Morgan fingerprint density at radius 1 is 1.03 bits per heavy atom. The molecule has 0 saturated carbocycles. The van der Waals surface area contributed by atoms with Crippen LogP contribution in [0.25, 0.3) is 11.8 Å². The number of non-ortho nitro benzene ring substituents is 1. The topological polar surface area (TPSA) is 97.5 Å². The van der Waals surface area contributed by atoms with Crippen molar-refractivity contribution >= 4 is 46.6 Å². The number of hydrogen-bond donors (Lipinski definition) is 1. The van der Waals surface area contributed by atoms with Crippen molar-refractivity contribution < 1.29 is 14.5 Å². The molecule has 34 heavy (non-hydrogen) atoms. The maximum atomic E-state index is 13.4. The fourth-order valence-corrected chi connectivity index (χ4v) is 4.34. The van der Waals surface area contributed by atoms with Crippen LogP contribution < -0.4 is 10.2 Å². The Hall–Kier alpha value is -4.11. The van der Waals surface area contributed by atoms with E-state index in [9.17, 15) is 19.7 Å². The first kappa shape index (κ1) is 23.1. The summed E-state index contributed by atoms with van der Waals surface area (Å²) in [6.45, 7) is 7.59. The first-order valence-corrected chi connectivity index (χ1v) is 10.9. The van der Waals surface area contributed by atoms with Crippen LogP contribution in [0, 0.1) is 37.8 Å². The van der Waals surface area contributed by atoms with E-state index in [2.05, 4.69) is 5.32 Å². The van der Waals surface area contributed by atoms with Gasteiger partial charge in [-0.05, 0) is 86.9 Å². The van der Waals surface area contributed by atoms with Crippen LogP contribution in [0.2, 0.25) is 0 Å². The molecule has 1 aliphatic rings. The van der Waals surface area contributed by atoms with E-state index in [-0.39, 0.29) is 16.4 Å². The van der Waals surface area contributed by atoms with Gasteiger partial charge < -0.3 is 4.57 Å². The van der Waals surface area contributed by atoms with E-state index < -0.39 is 16.7 Å². The number of nitro benzene ring substituents is 1. The summed E-state index contributed by atoms with van der Waals surface area (Å²) in [7, 11) is 0. The predicted molar refractivity (Wildman–Crippen MR) is 134 cm³/mol.